The largest absolute Gasteiger partial charge is 0.488 e. The van der Waals surface area contributed by atoms with Gasteiger partial charge in [-0.25, -0.2) is 8.78 Å². The van der Waals surface area contributed by atoms with Crippen LogP contribution in [0.2, 0.25) is 0 Å². The van der Waals surface area contributed by atoms with E-state index in [4.69, 9.17) is 10.5 Å². The van der Waals surface area contributed by atoms with Gasteiger partial charge in [-0.1, -0.05) is 30.3 Å². The smallest absolute Gasteiger partial charge is 0.272 e. The molecule has 0 radical (unpaired) electrons. The van der Waals surface area contributed by atoms with Crippen LogP contribution in [0, 0.1) is 0 Å². The van der Waals surface area contributed by atoms with Crippen molar-refractivity contribution >= 4 is 0 Å². The molecule has 0 aliphatic heterocycles. The zero-order valence-electron chi connectivity index (χ0n) is 10.4. The summed E-state index contributed by atoms with van der Waals surface area (Å²) in [5, 5.41) is 0. The first-order valence-electron chi connectivity index (χ1n) is 5.99. The summed E-state index contributed by atoms with van der Waals surface area (Å²) in [6, 6.07) is 14.9. The van der Waals surface area contributed by atoms with Gasteiger partial charge in [0.15, 0.2) is 0 Å². The highest BCUT2D eigenvalue weighted by Crippen LogP contribution is 2.24. The maximum atomic E-state index is 12.1. The molecule has 0 fully saturated rings. The van der Waals surface area contributed by atoms with E-state index in [1.165, 1.54) is 0 Å². The van der Waals surface area contributed by atoms with E-state index >= 15 is 0 Å². The fourth-order valence-electron chi connectivity index (χ4n) is 1.80. The number of ether oxygens (including phenoxy) is 1. The fraction of sp³-hybridized carbons (Fsp3) is 0.200. The Morgan fingerprint density at radius 3 is 2.37 bits per heavy atom. The number of alkyl halides is 2. The Kier molecular flexibility index (Phi) is 4.47. The van der Waals surface area contributed by atoms with Crippen LogP contribution >= 0.6 is 0 Å². The zero-order chi connectivity index (χ0) is 13.7. The third-order valence-corrected chi connectivity index (χ3v) is 2.71. The van der Waals surface area contributed by atoms with Gasteiger partial charge < -0.3 is 10.5 Å². The lowest BCUT2D eigenvalue weighted by Crippen LogP contribution is -2.06. The molecule has 0 aromatic heterocycles. The minimum atomic E-state index is -2.47. The summed E-state index contributed by atoms with van der Waals surface area (Å²) >= 11 is 0. The van der Waals surface area contributed by atoms with E-state index in [9.17, 15) is 8.78 Å². The summed E-state index contributed by atoms with van der Waals surface area (Å²) in [5.41, 5.74) is 8.53. The maximum Gasteiger partial charge on any atom is 0.272 e. The van der Waals surface area contributed by atoms with Crippen molar-refractivity contribution in [1.29, 1.82) is 0 Å². The van der Waals surface area contributed by atoms with Crippen molar-refractivity contribution in [2.45, 2.75) is 13.0 Å². The van der Waals surface area contributed by atoms with E-state index in [0.717, 1.165) is 16.7 Å². The second kappa shape index (κ2) is 6.29. The number of hydrogen-bond donors (Lipinski definition) is 1. The van der Waals surface area contributed by atoms with Crippen LogP contribution < -0.4 is 10.5 Å². The van der Waals surface area contributed by atoms with Crippen molar-refractivity contribution in [3.8, 4) is 16.9 Å². The van der Waals surface area contributed by atoms with Gasteiger partial charge in [0.2, 0.25) is 0 Å². The predicted octanol–water partition coefficient (Wildman–Crippen LogP) is 3.46. The molecule has 100 valence electrons. The number of benzene rings is 2. The van der Waals surface area contributed by atoms with Gasteiger partial charge in [-0.2, -0.15) is 0 Å². The Labute approximate surface area is 110 Å². The lowest BCUT2D eigenvalue weighted by molar-refractivity contribution is 0.0819. The van der Waals surface area contributed by atoms with Crippen LogP contribution in [0.3, 0.4) is 0 Å². The van der Waals surface area contributed by atoms with Gasteiger partial charge in [-0.3, -0.25) is 0 Å². The highest BCUT2D eigenvalue weighted by atomic mass is 19.3. The summed E-state index contributed by atoms with van der Waals surface area (Å²) in [5.74, 6) is 0.441. The topological polar surface area (TPSA) is 35.2 Å². The Hall–Kier alpha value is -1.94. The molecule has 0 amide bonds. The van der Waals surface area contributed by atoms with Gasteiger partial charge in [-0.05, 0) is 34.9 Å². The standard InChI is InChI=1S/C15H15F2NO/c16-15(17)10-19-14-6-2-5-13(8-14)12-4-1-3-11(7-12)9-18/h1-8,15H,9-10,18H2. The van der Waals surface area contributed by atoms with E-state index < -0.39 is 13.0 Å². The SMILES string of the molecule is NCc1cccc(-c2cccc(OCC(F)F)c2)c1. The van der Waals surface area contributed by atoms with Gasteiger partial charge in [0, 0.05) is 6.54 Å². The molecule has 2 rings (SSSR count). The summed E-state index contributed by atoms with van der Waals surface area (Å²) < 4.78 is 29.2. The number of halogens is 2. The van der Waals surface area contributed by atoms with Crippen LogP contribution in [0.15, 0.2) is 48.5 Å². The van der Waals surface area contributed by atoms with Crippen molar-refractivity contribution < 1.29 is 13.5 Å². The molecule has 0 saturated carbocycles. The van der Waals surface area contributed by atoms with Crippen molar-refractivity contribution in [2.75, 3.05) is 6.61 Å². The Morgan fingerprint density at radius 1 is 1.00 bits per heavy atom. The van der Waals surface area contributed by atoms with Gasteiger partial charge in [0.05, 0.1) is 0 Å². The second-order valence-corrected chi connectivity index (χ2v) is 4.13. The van der Waals surface area contributed by atoms with Crippen LogP contribution in [0.25, 0.3) is 11.1 Å². The predicted molar refractivity (Wildman–Crippen MR) is 71.3 cm³/mol. The first-order chi connectivity index (χ1) is 9.19. The summed E-state index contributed by atoms with van der Waals surface area (Å²) in [6.45, 7) is -0.123. The lowest BCUT2D eigenvalue weighted by Gasteiger charge is -2.08. The first-order valence-corrected chi connectivity index (χ1v) is 5.99. The van der Waals surface area contributed by atoms with E-state index in [1.54, 1.807) is 18.2 Å². The van der Waals surface area contributed by atoms with Crippen LogP contribution in [-0.2, 0) is 6.54 Å². The normalized spacial score (nSPS) is 10.7. The molecule has 0 aliphatic carbocycles. The molecule has 2 aromatic rings. The molecular formula is C15H15F2NO. The zero-order valence-corrected chi connectivity index (χ0v) is 10.4. The third-order valence-electron chi connectivity index (χ3n) is 2.71. The molecular weight excluding hydrogens is 248 g/mol. The third kappa shape index (κ3) is 3.76. The van der Waals surface area contributed by atoms with Crippen LogP contribution in [0.1, 0.15) is 5.56 Å². The Balaban J connectivity index is 2.22. The number of nitrogens with two attached hydrogens (primary N) is 1. The van der Waals surface area contributed by atoms with Crippen molar-refractivity contribution in [2.24, 2.45) is 5.73 Å². The van der Waals surface area contributed by atoms with Gasteiger partial charge in [0.1, 0.15) is 12.4 Å². The molecule has 0 spiro atoms. The van der Waals surface area contributed by atoms with E-state index in [-0.39, 0.29) is 0 Å². The first kappa shape index (κ1) is 13.5. The fourth-order valence-corrected chi connectivity index (χ4v) is 1.80. The van der Waals surface area contributed by atoms with Gasteiger partial charge >= 0.3 is 0 Å². The van der Waals surface area contributed by atoms with Crippen molar-refractivity contribution in [3.63, 3.8) is 0 Å². The quantitative estimate of drug-likeness (QED) is 0.896. The Bertz CT molecular complexity index is 543. The lowest BCUT2D eigenvalue weighted by atomic mass is 10.0. The highest BCUT2D eigenvalue weighted by Gasteiger charge is 2.05. The van der Waals surface area contributed by atoms with Crippen LogP contribution in [0.4, 0.5) is 8.78 Å². The van der Waals surface area contributed by atoms with Crippen LogP contribution in [-0.4, -0.2) is 13.0 Å². The second-order valence-electron chi connectivity index (χ2n) is 4.13. The summed E-state index contributed by atoms with van der Waals surface area (Å²) in [4.78, 5) is 0. The monoisotopic (exact) mass is 263 g/mol. The van der Waals surface area contributed by atoms with Crippen LogP contribution in [0.5, 0.6) is 5.75 Å². The minimum absolute atomic E-state index is 0.441. The average molecular weight is 263 g/mol. The molecule has 0 heterocycles. The highest BCUT2D eigenvalue weighted by molar-refractivity contribution is 5.65. The Morgan fingerprint density at radius 2 is 1.68 bits per heavy atom. The average Bonchev–Trinajstić information content (AvgIpc) is 2.45. The van der Waals surface area contributed by atoms with Crippen molar-refractivity contribution in [1.82, 2.24) is 0 Å². The summed E-state index contributed by atoms with van der Waals surface area (Å²) in [6.07, 6.45) is -2.47. The molecule has 2 N–H and O–H groups in total. The number of rotatable bonds is 5. The molecule has 0 unspecified atom stereocenters. The van der Waals surface area contributed by atoms with Gasteiger partial charge in [-0.15, -0.1) is 0 Å². The molecule has 0 atom stereocenters. The van der Waals surface area contributed by atoms with E-state index in [2.05, 4.69) is 0 Å². The molecule has 2 nitrogen and oxygen atoms in total. The molecule has 19 heavy (non-hydrogen) atoms. The van der Waals surface area contributed by atoms with E-state index in [1.807, 2.05) is 30.3 Å². The molecule has 0 saturated heterocycles. The summed E-state index contributed by atoms with van der Waals surface area (Å²) in [7, 11) is 0. The minimum Gasteiger partial charge on any atom is -0.488 e. The molecule has 0 bridgehead atoms. The van der Waals surface area contributed by atoms with Crippen molar-refractivity contribution in [3.05, 3.63) is 54.1 Å². The maximum absolute atomic E-state index is 12.1. The molecule has 2 aromatic carbocycles. The molecule has 4 heteroatoms. The van der Waals surface area contributed by atoms with E-state index in [0.29, 0.717) is 12.3 Å². The van der Waals surface area contributed by atoms with Gasteiger partial charge in [0.25, 0.3) is 6.43 Å². The number of hydrogen-bond acceptors (Lipinski definition) is 2. The molecule has 0 aliphatic rings.